The molecule has 2 N–H and O–H groups in total. The Kier molecular flexibility index (Phi) is 8.07. The summed E-state index contributed by atoms with van der Waals surface area (Å²) in [6.07, 6.45) is 4.77. The van der Waals surface area contributed by atoms with E-state index in [4.69, 9.17) is 4.52 Å². The molecule has 2 heterocycles. The Labute approximate surface area is 154 Å². The van der Waals surface area contributed by atoms with Crippen LogP contribution >= 0.6 is 24.0 Å². The summed E-state index contributed by atoms with van der Waals surface area (Å²) in [4.78, 5) is 8.54. The molecule has 0 saturated heterocycles. The number of hydrogen-bond acceptors (Lipinski definition) is 4. The first-order chi connectivity index (χ1) is 10.6. The van der Waals surface area contributed by atoms with Crippen LogP contribution in [0.5, 0.6) is 0 Å². The third kappa shape index (κ3) is 6.20. The molecule has 7 nitrogen and oxygen atoms in total. The van der Waals surface area contributed by atoms with Gasteiger partial charge in [-0.3, -0.25) is 4.99 Å². The highest BCUT2D eigenvalue weighted by atomic mass is 127. The van der Waals surface area contributed by atoms with Crippen molar-refractivity contribution >= 4 is 29.9 Å². The predicted molar refractivity (Wildman–Crippen MR) is 101 cm³/mol. The van der Waals surface area contributed by atoms with Crippen LogP contribution in [0.15, 0.2) is 28.0 Å². The minimum absolute atomic E-state index is 0. The molecule has 0 aliphatic heterocycles. The van der Waals surface area contributed by atoms with E-state index in [9.17, 15) is 0 Å². The number of aryl methyl sites for hydroxylation is 1. The molecule has 0 aromatic carbocycles. The highest BCUT2D eigenvalue weighted by Gasteiger charge is 2.09. The summed E-state index contributed by atoms with van der Waals surface area (Å²) in [5.74, 6) is 2.44. The van der Waals surface area contributed by atoms with Crippen molar-refractivity contribution < 1.29 is 4.52 Å². The minimum Gasteiger partial charge on any atom is -0.357 e. The van der Waals surface area contributed by atoms with E-state index in [0.717, 1.165) is 18.3 Å². The number of nitrogens with zero attached hydrogens (tertiary/aromatic N) is 4. The number of rotatable bonds is 6. The van der Waals surface area contributed by atoms with Crippen molar-refractivity contribution in [2.24, 2.45) is 12.0 Å². The molecule has 128 valence electrons. The Bertz CT molecular complexity index is 619. The van der Waals surface area contributed by atoms with Crippen molar-refractivity contribution in [3.8, 4) is 0 Å². The van der Waals surface area contributed by atoms with E-state index in [0.29, 0.717) is 18.9 Å². The van der Waals surface area contributed by atoms with Crippen LogP contribution in [-0.2, 0) is 20.0 Å². The molecule has 23 heavy (non-hydrogen) atoms. The van der Waals surface area contributed by atoms with E-state index in [1.54, 1.807) is 7.05 Å². The second-order valence-electron chi connectivity index (χ2n) is 5.49. The van der Waals surface area contributed by atoms with Gasteiger partial charge in [0, 0.05) is 51.9 Å². The van der Waals surface area contributed by atoms with Gasteiger partial charge in [0.1, 0.15) is 0 Å². The average molecular weight is 432 g/mol. The third-order valence-electron chi connectivity index (χ3n) is 3.21. The number of halogens is 1. The van der Waals surface area contributed by atoms with Gasteiger partial charge in [-0.2, -0.15) is 4.98 Å². The van der Waals surface area contributed by atoms with E-state index in [1.165, 1.54) is 5.56 Å². The first kappa shape index (κ1) is 19.5. The van der Waals surface area contributed by atoms with Gasteiger partial charge >= 0.3 is 0 Å². The summed E-state index contributed by atoms with van der Waals surface area (Å²) < 4.78 is 7.23. The topological polar surface area (TPSA) is 80.3 Å². The Morgan fingerprint density at radius 3 is 2.74 bits per heavy atom. The molecule has 0 saturated carbocycles. The van der Waals surface area contributed by atoms with Crippen LogP contribution in [0.4, 0.5) is 0 Å². The summed E-state index contributed by atoms with van der Waals surface area (Å²) in [5.41, 5.74) is 1.21. The standard InChI is InChI=1S/C15H24N6O.HI/c1-11(2)14-19-13(22-20-14)5-7-17-15(16-3)18-9-12-6-8-21(4)10-12;/h6,8,10-11H,5,7,9H2,1-4H3,(H2,16,17,18);1H. The molecule has 0 aliphatic carbocycles. The fourth-order valence-electron chi connectivity index (χ4n) is 1.96. The van der Waals surface area contributed by atoms with Crippen molar-refractivity contribution in [3.63, 3.8) is 0 Å². The zero-order chi connectivity index (χ0) is 15.9. The Balaban J connectivity index is 0.00000264. The van der Waals surface area contributed by atoms with Gasteiger partial charge in [0.25, 0.3) is 0 Å². The first-order valence-corrected chi connectivity index (χ1v) is 7.46. The maximum atomic E-state index is 5.21. The van der Waals surface area contributed by atoms with Crippen LogP contribution < -0.4 is 10.6 Å². The molecule has 0 amide bonds. The number of aromatic nitrogens is 3. The minimum atomic E-state index is 0. The van der Waals surface area contributed by atoms with Gasteiger partial charge in [-0.25, -0.2) is 0 Å². The SMILES string of the molecule is CN=C(NCCc1nc(C(C)C)no1)NCc1ccn(C)c1.I. The number of guanidine groups is 1. The van der Waals surface area contributed by atoms with Crippen molar-refractivity contribution in [1.82, 2.24) is 25.3 Å². The zero-order valence-corrected chi connectivity index (χ0v) is 16.4. The second kappa shape index (κ2) is 9.53. The maximum Gasteiger partial charge on any atom is 0.228 e. The van der Waals surface area contributed by atoms with Crippen LogP contribution in [-0.4, -0.2) is 34.3 Å². The Morgan fingerprint density at radius 1 is 1.39 bits per heavy atom. The van der Waals surface area contributed by atoms with Crippen LogP contribution in [0.1, 0.15) is 37.0 Å². The summed E-state index contributed by atoms with van der Waals surface area (Å²) >= 11 is 0. The van der Waals surface area contributed by atoms with E-state index in [-0.39, 0.29) is 29.9 Å². The number of hydrogen-bond donors (Lipinski definition) is 2. The molecule has 0 bridgehead atoms. The van der Waals surface area contributed by atoms with Crippen LogP contribution in [0, 0.1) is 0 Å². The zero-order valence-electron chi connectivity index (χ0n) is 14.0. The van der Waals surface area contributed by atoms with Gasteiger partial charge in [0.15, 0.2) is 11.8 Å². The lowest BCUT2D eigenvalue weighted by Crippen LogP contribution is -2.37. The predicted octanol–water partition coefficient (Wildman–Crippen LogP) is 2.06. The smallest absolute Gasteiger partial charge is 0.228 e. The van der Waals surface area contributed by atoms with Gasteiger partial charge in [-0.1, -0.05) is 19.0 Å². The molecule has 0 radical (unpaired) electrons. The largest absolute Gasteiger partial charge is 0.357 e. The molecule has 0 spiro atoms. The average Bonchev–Trinajstić information content (AvgIpc) is 3.11. The molecular weight excluding hydrogens is 407 g/mol. The molecule has 2 aromatic heterocycles. The van der Waals surface area contributed by atoms with Gasteiger partial charge in [0.2, 0.25) is 5.89 Å². The highest BCUT2D eigenvalue weighted by molar-refractivity contribution is 14.0. The molecular formula is C15H25IN6O. The van der Waals surface area contributed by atoms with E-state index in [2.05, 4.69) is 38.0 Å². The van der Waals surface area contributed by atoms with Gasteiger partial charge in [-0.05, 0) is 11.6 Å². The van der Waals surface area contributed by atoms with E-state index in [1.807, 2.05) is 31.7 Å². The number of aliphatic imine (C=N–C) groups is 1. The fraction of sp³-hybridized carbons (Fsp3) is 0.533. The van der Waals surface area contributed by atoms with Crippen molar-refractivity contribution in [1.29, 1.82) is 0 Å². The second-order valence-corrected chi connectivity index (χ2v) is 5.49. The summed E-state index contributed by atoms with van der Waals surface area (Å²) in [7, 11) is 3.76. The lowest BCUT2D eigenvalue weighted by molar-refractivity contribution is 0.371. The normalized spacial score (nSPS) is 11.4. The highest BCUT2D eigenvalue weighted by Crippen LogP contribution is 2.09. The van der Waals surface area contributed by atoms with Crippen molar-refractivity contribution in [3.05, 3.63) is 35.7 Å². The van der Waals surface area contributed by atoms with E-state index < -0.39 is 0 Å². The Morgan fingerprint density at radius 2 is 2.17 bits per heavy atom. The van der Waals surface area contributed by atoms with Crippen LogP contribution in [0.2, 0.25) is 0 Å². The number of nitrogens with one attached hydrogen (secondary N) is 2. The molecule has 0 aliphatic rings. The molecule has 0 fully saturated rings. The summed E-state index contributed by atoms with van der Waals surface area (Å²) in [6, 6.07) is 2.08. The molecule has 8 heteroatoms. The monoisotopic (exact) mass is 432 g/mol. The van der Waals surface area contributed by atoms with Crippen LogP contribution in [0.25, 0.3) is 0 Å². The van der Waals surface area contributed by atoms with Crippen molar-refractivity contribution in [2.75, 3.05) is 13.6 Å². The third-order valence-corrected chi connectivity index (χ3v) is 3.21. The van der Waals surface area contributed by atoms with Crippen molar-refractivity contribution in [2.45, 2.75) is 32.7 Å². The lowest BCUT2D eigenvalue weighted by atomic mass is 10.2. The van der Waals surface area contributed by atoms with E-state index >= 15 is 0 Å². The lowest BCUT2D eigenvalue weighted by Gasteiger charge is -2.10. The summed E-state index contributed by atoms with van der Waals surface area (Å²) in [6.45, 7) is 5.51. The fourth-order valence-corrected chi connectivity index (χ4v) is 1.96. The first-order valence-electron chi connectivity index (χ1n) is 7.46. The Hall–Kier alpha value is -1.58. The van der Waals surface area contributed by atoms with Gasteiger partial charge in [-0.15, -0.1) is 24.0 Å². The molecule has 0 atom stereocenters. The van der Waals surface area contributed by atoms with Crippen LogP contribution in [0.3, 0.4) is 0 Å². The van der Waals surface area contributed by atoms with Gasteiger partial charge in [0.05, 0.1) is 0 Å². The summed E-state index contributed by atoms with van der Waals surface area (Å²) in [5, 5.41) is 10.5. The van der Waals surface area contributed by atoms with Gasteiger partial charge < -0.3 is 19.7 Å². The maximum absolute atomic E-state index is 5.21. The quantitative estimate of drug-likeness (QED) is 0.415. The molecule has 2 aromatic rings. The molecule has 0 unspecified atom stereocenters. The molecule has 2 rings (SSSR count).